The number of hydrogen-bond donors (Lipinski definition) is 1. The normalized spacial score (nSPS) is 10.6. The highest BCUT2D eigenvalue weighted by Crippen LogP contribution is 2.21. The number of aryl methyl sites for hydroxylation is 3. The van der Waals surface area contributed by atoms with Crippen molar-refractivity contribution in [3.8, 4) is 11.3 Å². The highest BCUT2D eigenvalue weighted by Gasteiger charge is 2.12. The number of nitrogens with zero attached hydrogens (tertiary/aromatic N) is 3. The van der Waals surface area contributed by atoms with Crippen LogP contribution in [0.2, 0.25) is 0 Å². The number of hydrogen-bond acceptors (Lipinski definition) is 4. The molecular formula is C21H22N4O2. The molecule has 0 unspecified atom stereocenters. The average Bonchev–Trinajstić information content (AvgIpc) is 2.65. The predicted molar refractivity (Wildman–Crippen MR) is 106 cm³/mol. The summed E-state index contributed by atoms with van der Waals surface area (Å²) in [6.45, 7) is 5.78. The van der Waals surface area contributed by atoms with E-state index >= 15 is 0 Å². The van der Waals surface area contributed by atoms with Crippen molar-refractivity contribution in [3.05, 3.63) is 75.8 Å². The molecule has 0 aliphatic rings. The Morgan fingerprint density at radius 2 is 1.85 bits per heavy atom. The van der Waals surface area contributed by atoms with Gasteiger partial charge in [-0.05, 0) is 31.4 Å². The third-order valence-electron chi connectivity index (χ3n) is 4.40. The average molecular weight is 362 g/mol. The fourth-order valence-corrected chi connectivity index (χ4v) is 2.85. The van der Waals surface area contributed by atoms with Crippen LogP contribution < -0.4 is 11.0 Å². The Labute approximate surface area is 157 Å². The summed E-state index contributed by atoms with van der Waals surface area (Å²) >= 11 is 0. The Balaban J connectivity index is 1.77. The SMILES string of the molecule is CCc1cccc(C)c1NC(=O)Cn1ncc(-c2ccc(C)cc2)nc1=O. The van der Waals surface area contributed by atoms with Crippen LogP contribution in [0.4, 0.5) is 5.69 Å². The van der Waals surface area contributed by atoms with Crippen LogP contribution in [-0.2, 0) is 17.8 Å². The maximum atomic E-state index is 12.4. The fraction of sp³-hybridized carbons (Fsp3) is 0.238. The fourth-order valence-electron chi connectivity index (χ4n) is 2.85. The van der Waals surface area contributed by atoms with Crippen molar-refractivity contribution in [2.24, 2.45) is 0 Å². The second kappa shape index (κ2) is 7.95. The Morgan fingerprint density at radius 3 is 2.52 bits per heavy atom. The van der Waals surface area contributed by atoms with Crippen LogP contribution in [0.5, 0.6) is 0 Å². The van der Waals surface area contributed by atoms with Crippen LogP contribution in [0.15, 0.2) is 53.5 Å². The van der Waals surface area contributed by atoms with E-state index in [1.807, 2.05) is 63.2 Å². The third-order valence-corrected chi connectivity index (χ3v) is 4.40. The zero-order valence-electron chi connectivity index (χ0n) is 15.7. The number of amides is 1. The molecule has 0 spiro atoms. The molecule has 3 rings (SSSR count). The van der Waals surface area contributed by atoms with Gasteiger partial charge in [0.05, 0.1) is 11.9 Å². The van der Waals surface area contributed by atoms with E-state index in [-0.39, 0.29) is 12.5 Å². The van der Waals surface area contributed by atoms with Crippen molar-refractivity contribution in [3.63, 3.8) is 0 Å². The van der Waals surface area contributed by atoms with Crippen molar-refractivity contribution in [2.75, 3.05) is 5.32 Å². The second-order valence-corrected chi connectivity index (χ2v) is 6.46. The number of aromatic nitrogens is 3. The Hall–Kier alpha value is -3.28. The molecule has 1 aromatic heterocycles. The van der Waals surface area contributed by atoms with Crippen molar-refractivity contribution >= 4 is 11.6 Å². The lowest BCUT2D eigenvalue weighted by atomic mass is 10.1. The van der Waals surface area contributed by atoms with Gasteiger partial charge in [0, 0.05) is 11.3 Å². The van der Waals surface area contributed by atoms with Crippen LogP contribution in [0.1, 0.15) is 23.6 Å². The first kappa shape index (κ1) is 18.5. The van der Waals surface area contributed by atoms with E-state index in [0.29, 0.717) is 5.69 Å². The molecule has 0 fully saturated rings. The quantitative estimate of drug-likeness (QED) is 0.756. The summed E-state index contributed by atoms with van der Waals surface area (Å²) in [5, 5.41) is 7.00. The molecule has 0 bridgehead atoms. The molecule has 0 radical (unpaired) electrons. The van der Waals surface area contributed by atoms with Crippen LogP contribution in [0.25, 0.3) is 11.3 Å². The number of para-hydroxylation sites is 1. The number of rotatable bonds is 5. The molecule has 0 atom stereocenters. The zero-order valence-corrected chi connectivity index (χ0v) is 15.7. The lowest BCUT2D eigenvalue weighted by Gasteiger charge is -2.13. The molecule has 27 heavy (non-hydrogen) atoms. The number of nitrogens with one attached hydrogen (secondary N) is 1. The molecule has 3 aromatic rings. The summed E-state index contributed by atoms with van der Waals surface area (Å²) in [6, 6.07) is 13.6. The zero-order chi connectivity index (χ0) is 19.4. The van der Waals surface area contributed by atoms with E-state index in [4.69, 9.17) is 0 Å². The van der Waals surface area contributed by atoms with E-state index in [1.54, 1.807) is 0 Å². The molecule has 0 saturated heterocycles. The number of carbonyl (C=O) groups is 1. The van der Waals surface area contributed by atoms with Gasteiger partial charge in [0.15, 0.2) is 0 Å². The minimum absolute atomic E-state index is 0.183. The van der Waals surface area contributed by atoms with Gasteiger partial charge in [-0.25, -0.2) is 9.48 Å². The minimum Gasteiger partial charge on any atom is -0.324 e. The standard InChI is InChI=1S/C21H22N4O2/c1-4-16-7-5-6-15(3)20(16)24-19(26)13-25-21(27)23-18(12-22-25)17-10-8-14(2)9-11-17/h5-12H,4,13H2,1-3H3,(H,24,26). The van der Waals surface area contributed by atoms with Gasteiger partial charge in [-0.3, -0.25) is 4.79 Å². The van der Waals surface area contributed by atoms with Crippen molar-refractivity contribution in [2.45, 2.75) is 33.7 Å². The van der Waals surface area contributed by atoms with Crippen LogP contribution >= 0.6 is 0 Å². The summed E-state index contributed by atoms with van der Waals surface area (Å²) in [5.41, 5.74) is 4.70. The first-order valence-electron chi connectivity index (χ1n) is 8.87. The third kappa shape index (κ3) is 4.28. The summed E-state index contributed by atoms with van der Waals surface area (Å²) in [7, 11) is 0. The molecule has 138 valence electrons. The lowest BCUT2D eigenvalue weighted by Crippen LogP contribution is -2.31. The Bertz CT molecular complexity index is 1020. The van der Waals surface area contributed by atoms with E-state index in [9.17, 15) is 9.59 Å². The lowest BCUT2D eigenvalue weighted by molar-refractivity contribution is -0.117. The van der Waals surface area contributed by atoms with Crippen LogP contribution in [0.3, 0.4) is 0 Å². The number of benzene rings is 2. The summed E-state index contributed by atoms with van der Waals surface area (Å²) < 4.78 is 1.07. The molecule has 1 heterocycles. The van der Waals surface area contributed by atoms with Gasteiger partial charge in [-0.1, -0.05) is 55.0 Å². The van der Waals surface area contributed by atoms with Gasteiger partial charge >= 0.3 is 5.69 Å². The summed E-state index contributed by atoms with van der Waals surface area (Å²) in [6.07, 6.45) is 2.31. The molecule has 6 nitrogen and oxygen atoms in total. The first-order chi connectivity index (χ1) is 13.0. The van der Waals surface area contributed by atoms with Crippen molar-refractivity contribution in [1.82, 2.24) is 14.8 Å². The van der Waals surface area contributed by atoms with E-state index in [0.717, 1.165) is 39.0 Å². The number of anilines is 1. The minimum atomic E-state index is -0.552. The predicted octanol–water partition coefficient (Wildman–Crippen LogP) is 3.12. The van der Waals surface area contributed by atoms with E-state index in [1.165, 1.54) is 6.20 Å². The largest absolute Gasteiger partial charge is 0.365 e. The maximum Gasteiger partial charge on any atom is 0.365 e. The van der Waals surface area contributed by atoms with Crippen molar-refractivity contribution < 1.29 is 4.79 Å². The maximum absolute atomic E-state index is 12.4. The molecule has 1 amide bonds. The highest BCUT2D eigenvalue weighted by molar-refractivity contribution is 5.92. The summed E-state index contributed by atoms with van der Waals surface area (Å²) in [5.74, 6) is -0.307. The molecule has 0 saturated carbocycles. The monoisotopic (exact) mass is 362 g/mol. The topological polar surface area (TPSA) is 76.9 Å². The van der Waals surface area contributed by atoms with Gasteiger partial charge in [-0.2, -0.15) is 10.1 Å². The molecule has 6 heteroatoms. The van der Waals surface area contributed by atoms with E-state index < -0.39 is 5.69 Å². The van der Waals surface area contributed by atoms with Crippen LogP contribution in [0, 0.1) is 13.8 Å². The molecule has 0 aliphatic carbocycles. The summed E-state index contributed by atoms with van der Waals surface area (Å²) in [4.78, 5) is 28.7. The molecule has 1 N–H and O–H groups in total. The first-order valence-corrected chi connectivity index (χ1v) is 8.87. The number of carbonyl (C=O) groups excluding carboxylic acids is 1. The molecule has 2 aromatic carbocycles. The Kier molecular flexibility index (Phi) is 5.45. The van der Waals surface area contributed by atoms with Crippen molar-refractivity contribution in [1.29, 1.82) is 0 Å². The van der Waals surface area contributed by atoms with Gasteiger partial charge < -0.3 is 5.32 Å². The smallest absolute Gasteiger partial charge is 0.324 e. The molecule has 0 aliphatic heterocycles. The van der Waals surface area contributed by atoms with Gasteiger partial charge in [0.1, 0.15) is 6.54 Å². The van der Waals surface area contributed by atoms with Crippen LogP contribution in [-0.4, -0.2) is 20.7 Å². The van der Waals surface area contributed by atoms with E-state index in [2.05, 4.69) is 15.4 Å². The highest BCUT2D eigenvalue weighted by atomic mass is 16.2. The van der Waals surface area contributed by atoms with Gasteiger partial charge in [0.25, 0.3) is 0 Å². The van der Waals surface area contributed by atoms with Gasteiger partial charge in [0.2, 0.25) is 5.91 Å². The Morgan fingerprint density at radius 1 is 1.11 bits per heavy atom. The molecular weight excluding hydrogens is 340 g/mol. The second-order valence-electron chi connectivity index (χ2n) is 6.46. The van der Waals surface area contributed by atoms with Gasteiger partial charge in [-0.15, -0.1) is 0 Å².